The van der Waals surface area contributed by atoms with Crippen molar-refractivity contribution < 1.29 is 37.8 Å². The lowest BCUT2D eigenvalue weighted by Crippen LogP contribution is -2.46. The molecule has 19 heavy (non-hydrogen) atoms. The summed E-state index contributed by atoms with van der Waals surface area (Å²) in [5, 5.41) is 27.8. The predicted molar refractivity (Wildman–Crippen MR) is 55.6 cm³/mol. The van der Waals surface area contributed by atoms with E-state index in [4.69, 9.17) is 5.11 Å². The van der Waals surface area contributed by atoms with Crippen LogP contribution in [0.5, 0.6) is 5.75 Å². The number of aromatic carboxylic acids is 1. The molecule has 1 saturated carbocycles. The first kappa shape index (κ1) is 12.3. The van der Waals surface area contributed by atoms with E-state index in [0.29, 0.717) is 0 Å². The van der Waals surface area contributed by atoms with Crippen LogP contribution in [0.2, 0.25) is 5.82 Å². The average Bonchev–Trinajstić information content (AvgIpc) is 2.81. The molecular weight excluding hydrogens is 268 g/mol. The Kier molecular flexibility index (Phi) is 2.09. The molecule has 1 heterocycles. The quantitative estimate of drug-likeness (QED) is 0.664. The predicted octanol–water partition coefficient (Wildman–Crippen LogP) is 0.942. The maximum atomic E-state index is 13.5. The summed E-state index contributed by atoms with van der Waals surface area (Å²) in [5.41, 5.74) is -1.21. The van der Waals surface area contributed by atoms with Crippen molar-refractivity contribution in [2.45, 2.75) is 17.7 Å². The van der Waals surface area contributed by atoms with Gasteiger partial charge in [-0.05, 0) is 11.6 Å². The standard InChI is InChI=1S/C10H7BF3O5/c12-4-2-1-3-6-8(10(6,13)14)11(17,18)19-7(3)5(4)9(15)16/h1-2,6,8,17-18H,(H,15,16)/q-1. The highest BCUT2D eigenvalue weighted by molar-refractivity contribution is 6.62. The second-order valence-electron chi connectivity index (χ2n) is 4.70. The van der Waals surface area contributed by atoms with Crippen LogP contribution in [0.3, 0.4) is 0 Å². The van der Waals surface area contributed by atoms with Crippen LogP contribution in [0, 0.1) is 5.82 Å². The molecule has 2 aliphatic rings. The fourth-order valence-electron chi connectivity index (χ4n) is 2.68. The van der Waals surface area contributed by atoms with Gasteiger partial charge in [-0.25, -0.2) is 18.0 Å². The van der Waals surface area contributed by atoms with Crippen molar-refractivity contribution in [3.05, 3.63) is 29.1 Å². The van der Waals surface area contributed by atoms with Crippen LogP contribution in [0.25, 0.3) is 0 Å². The smallest absolute Gasteiger partial charge is 0.440 e. The zero-order chi connectivity index (χ0) is 14.2. The molecule has 2 unspecified atom stereocenters. The maximum absolute atomic E-state index is 13.5. The summed E-state index contributed by atoms with van der Waals surface area (Å²) in [7, 11) is 0. The van der Waals surface area contributed by atoms with Crippen LogP contribution in [0.15, 0.2) is 12.1 Å². The van der Waals surface area contributed by atoms with Crippen LogP contribution < -0.4 is 4.65 Å². The molecule has 0 radical (unpaired) electrons. The summed E-state index contributed by atoms with van der Waals surface area (Å²) >= 11 is 0. The third kappa shape index (κ3) is 1.42. The Balaban J connectivity index is 2.24. The van der Waals surface area contributed by atoms with Gasteiger partial charge in [0.15, 0.2) is 0 Å². The zero-order valence-electron chi connectivity index (χ0n) is 9.18. The molecule has 0 saturated heterocycles. The van der Waals surface area contributed by atoms with Crippen LogP contribution in [-0.2, 0) is 0 Å². The lowest BCUT2D eigenvalue weighted by molar-refractivity contribution is 0.0688. The third-order valence-electron chi connectivity index (χ3n) is 3.55. The minimum absolute atomic E-state index is 0.227. The molecule has 3 rings (SSSR count). The molecular formula is C10H7BF3O5-. The Hall–Kier alpha value is -1.74. The van der Waals surface area contributed by atoms with E-state index in [1.807, 2.05) is 0 Å². The van der Waals surface area contributed by atoms with E-state index in [1.54, 1.807) is 0 Å². The Morgan fingerprint density at radius 2 is 2.00 bits per heavy atom. The number of hydrogen-bond donors (Lipinski definition) is 3. The number of carbonyl (C=O) groups is 1. The third-order valence-corrected chi connectivity index (χ3v) is 3.55. The first-order valence-corrected chi connectivity index (χ1v) is 5.39. The summed E-state index contributed by atoms with van der Waals surface area (Å²) in [6.45, 7) is -3.93. The number of benzene rings is 1. The molecule has 0 amide bonds. The van der Waals surface area contributed by atoms with Crippen LogP contribution >= 0.6 is 0 Å². The molecule has 5 nitrogen and oxygen atoms in total. The van der Waals surface area contributed by atoms with E-state index < -0.39 is 47.5 Å². The first-order valence-electron chi connectivity index (χ1n) is 5.39. The molecule has 2 atom stereocenters. The number of carboxylic acid groups (broad SMARTS) is 1. The van der Waals surface area contributed by atoms with Crippen LogP contribution in [-0.4, -0.2) is 33.8 Å². The van der Waals surface area contributed by atoms with Gasteiger partial charge in [0.1, 0.15) is 11.4 Å². The van der Waals surface area contributed by atoms with Gasteiger partial charge >= 0.3 is 12.7 Å². The largest absolute Gasteiger partial charge is 0.669 e. The second kappa shape index (κ2) is 3.23. The topological polar surface area (TPSA) is 87.0 Å². The molecule has 9 heteroatoms. The minimum Gasteiger partial charge on any atom is -0.669 e. The number of hydrogen-bond acceptors (Lipinski definition) is 4. The van der Waals surface area contributed by atoms with E-state index in [2.05, 4.69) is 4.65 Å². The van der Waals surface area contributed by atoms with Crippen LogP contribution in [0.1, 0.15) is 21.8 Å². The molecule has 1 fully saturated rings. The van der Waals surface area contributed by atoms with E-state index in [9.17, 15) is 28.0 Å². The lowest BCUT2D eigenvalue weighted by Gasteiger charge is -2.35. The number of alkyl halides is 2. The molecule has 0 spiro atoms. The van der Waals surface area contributed by atoms with Gasteiger partial charge in [-0.15, -0.1) is 0 Å². The molecule has 1 aliphatic carbocycles. The van der Waals surface area contributed by atoms with Gasteiger partial charge in [0.2, 0.25) is 5.92 Å². The van der Waals surface area contributed by atoms with Gasteiger partial charge in [0.25, 0.3) is 0 Å². The Bertz CT molecular complexity index is 603. The van der Waals surface area contributed by atoms with Crippen molar-refractivity contribution >= 4 is 12.7 Å². The van der Waals surface area contributed by atoms with Gasteiger partial charge in [0, 0.05) is 11.7 Å². The van der Waals surface area contributed by atoms with Crippen molar-refractivity contribution in [1.82, 2.24) is 0 Å². The number of fused-ring (bicyclic) bond motifs is 3. The number of rotatable bonds is 1. The SMILES string of the molecule is O=C(O)c1c(F)ccc2c1O[B-](O)(O)C1C2C1(F)F. The summed E-state index contributed by atoms with van der Waals surface area (Å²) < 4.78 is 44.9. The molecule has 1 aliphatic heterocycles. The van der Waals surface area contributed by atoms with E-state index in [0.717, 1.165) is 12.1 Å². The molecule has 3 N–H and O–H groups in total. The minimum atomic E-state index is -3.93. The second-order valence-corrected chi connectivity index (χ2v) is 4.70. The number of halogens is 3. The summed E-state index contributed by atoms with van der Waals surface area (Å²) in [4.78, 5) is 10.9. The van der Waals surface area contributed by atoms with Gasteiger partial charge in [-0.1, -0.05) is 6.07 Å². The average molecular weight is 275 g/mol. The van der Waals surface area contributed by atoms with Crippen molar-refractivity contribution in [2.75, 3.05) is 0 Å². The molecule has 1 aromatic carbocycles. The van der Waals surface area contributed by atoms with E-state index in [-0.39, 0.29) is 5.56 Å². The van der Waals surface area contributed by atoms with Gasteiger partial charge < -0.3 is 19.8 Å². The monoisotopic (exact) mass is 275 g/mol. The lowest BCUT2D eigenvalue weighted by atomic mass is 9.68. The fraction of sp³-hybridized carbons (Fsp3) is 0.300. The highest BCUT2D eigenvalue weighted by Gasteiger charge is 2.76. The van der Waals surface area contributed by atoms with Gasteiger partial charge in [-0.3, -0.25) is 0 Å². The molecule has 0 aromatic heterocycles. The van der Waals surface area contributed by atoms with Crippen molar-refractivity contribution in [2.24, 2.45) is 0 Å². The number of carboxylic acids is 1. The highest BCUT2D eigenvalue weighted by Crippen LogP contribution is 2.72. The maximum Gasteiger partial charge on any atom is 0.440 e. The normalized spacial score (nSPS) is 28.9. The van der Waals surface area contributed by atoms with Crippen molar-refractivity contribution in [1.29, 1.82) is 0 Å². The zero-order valence-corrected chi connectivity index (χ0v) is 9.18. The molecule has 1 aromatic rings. The summed E-state index contributed by atoms with van der Waals surface area (Å²) in [6, 6.07) is 1.72. The fourth-order valence-corrected chi connectivity index (χ4v) is 2.68. The van der Waals surface area contributed by atoms with Crippen molar-refractivity contribution in [3.8, 4) is 5.75 Å². The highest BCUT2D eigenvalue weighted by atomic mass is 19.3. The van der Waals surface area contributed by atoms with Gasteiger partial charge in [-0.2, -0.15) is 0 Å². The Morgan fingerprint density at radius 1 is 1.37 bits per heavy atom. The van der Waals surface area contributed by atoms with E-state index >= 15 is 0 Å². The first-order chi connectivity index (χ1) is 8.68. The van der Waals surface area contributed by atoms with Crippen LogP contribution in [0.4, 0.5) is 13.2 Å². The summed E-state index contributed by atoms with van der Waals surface area (Å²) in [5.74, 6) is -10.5. The Morgan fingerprint density at radius 3 is 2.58 bits per heavy atom. The molecule has 102 valence electrons. The van der Waals surface area contributed by atoms with E-state index in [1.165, 1.54) is 0 Å². The molecule has 0 bridgehead atoms. The summed E-state index contributed by atoms with van der Waals surface area (Å²) in [6.07, 6.45) is 0. The Labute approximate surface area is 104 Å². The van der Waals surface area contributed by atoms with Gasteiger partial charge in [0.05, 0.1) is 5.75 Å². The van der Waals surface area contributed by atoms with Crippen molar-refractivity contribution in [3.63, 3.8) is 0 Å².